The molecule has 1 aliphatic rings. The Morgan fingerprint density at radius 2 is 1.89 bits per heavy atom. The quantitative estimate of drug-likeness (QED) is 0.396. The van der Waals surface area contributed by atoms with Gasteiger partial charge in [0.1, 0.15) is 22.9 Å². The summed E-state index contributed by atoms with van der Waals surface area (Å²) in [6, 6.07) is 17.8. The lowest BCUT2D eigenvalue weighted by molar-refractivity contribution is -0.0288. The highest BCUT2D eigenvalue weighted by Gasteiger charge is 2.34. The average molecular weight is 477 g/mol. The zero-order chi connectivity index (χ0) is 24.4. The molecule has 4 aromatic rings. The molecule has 0 unspecified atom stereocenters. The van der Waals surface area contributed by atoms with E-state index >= 15 is 0 Å². The molecule has 3 heterocycles. The van der Waals surface area contributed by atoms with Crippen LogP contribution in [-0.2, 0) is 18.6 Å². The van der Waals surface area contributed by atoms with Gasteiger partial charge in [0.05, 0.1) is 12.1 Å². The van der Waals surface area contributed by atoms with Crippen LogP contribution in [0.5, 0.6) is 0 Å². The van der Waals surface area contributed by atoms with Crippen molar-refractivity contribution in [3.63, 3.8) is 0 Å². The summed E-state index contributed by atoms with van der Waals surface area (Å²) in [7, 11) is 0. The average Bonchev–Trinajstić information content (AvgIpc) is 3.47. The molecule has 0 atom stereocenters. The van der Waals surface area contributed by atoms with Crippen LogP contribution < -0.4 is 5.32 Å². The first-order valence-corrected chi connectivity index (χ1v) is 12.0. The molecule has 0 radical (unpaired) electrons. The number of piperidine rings is 1. The molecule has 2 N–H and O–H groups in total. The number of aliphatic hydroxyl groups is 1. The van der Waals surface area contributed by atoms with Crippen LogP contribution in [0.3, 0.4) is 0 Å². The molecule has 2 aromatic heterocycles. The van der Waals surface area contributed by atoms with Crippen LogP contribution in [0.1, 0.15) is 46.0 Å². The topological polar surface area (TPSA) is 78.8 Å². The summed E-state index contributed by atoms with van der Waals surface area (Å²) in [5.41, 5.74) is 1.04. The van der Waals surface area contributed by atoms with Crippen LogP contribution in [0, 0.1) is 12.7 Å². The van der Waals surface area contributed by atoms with Gasteiger partial charge in [0, 0.05) is 25.0 Å². The second-order valence-electron chi connectivity index (χ2n) is 9.28. The first-order valence-electron chi connectivity index (χ1n) is 12.0. The van der Waals surface area contributed by atoms with E-state index in [9.17, 15) is 14.3 Å². The van der Waals surface area contributed by atoms with Gasteiger partial charge >= 0.3 is 0 Å². The Hall–Kier alpha value is -3.42. The summed E-state index contributed by atoms with van der Waals surface area (Å²) in [4.78, 5) is 14.9. The van der Waals surface area contributed by atoms with Crippen molar-refractivity contribution in [3.8, 4) is 0 Å². The van der Waals surface area contributed by atoms with Crippen molar-refractivity contribution in [2.45, 2.75) is 38.3 Å². The number of aryl methyl sites for hydroxylation is 1. The molecule has 1 fully saturated rings. The summed E-state index contributed by atoms with van der Waals surface area (Å²) >= 11 is 0. The van der Waals surface area contributed by atoms with Gasteiger partial charge in [-0.25, -0.2) is 4.39 Å². The largest absolute Gasteiger partial charge is 0.465 e. The van der Waals surface area contributed by atoms with Crippen LogP contribution in [0.15, 0.2) is 69.5 Å². The number of halogens is 1. The van der Waals surface area contributed by atoms with Gasteiger partial charge in [-0.1, -0.05) is 24.3 Å². The first kappa shape index (κ1) is 23.3. The second kappa shape index (κ2) is 9.68. The Bertz CT molecular complexity index is 1330. The lowest BCUT2D eigenvalue weighted by Crippen LogP contribution is -2.42. The Kier molecular flexibility index (Phi) is 6.45. The summed E-state index contributed by atoms with van der Waals surface area (Å²) in [6.07, 6.45) is 1.62. The van der Waals surface area contributed by atoms with E-state index in [4.69, 9.17) is 8.83 Å². The Morgan fingerprint density at radius 1 is 1.09 bits per heavy atom. The molecule has 0 spiro atoms. The first-order chi connectivity index (χ1) is 16.9. The van der Waals surface area contributed by atoms with Gasteiger partial charge in [-0.3, -0.25) is 9.69 Å². The fraction of sp³-hybridized carbons (Fsp3) is 0.321. The Morgan fingerprint density at radius 3 is 2.63 bits per heavy atom. The monoisotopic (exact) mass is 476 g/mol. The summed E-state index contributed by atoms with van der Waals surface area (Å²) in [6.45, 7) is 4.49. The predicted molar refractivity (Wildman–Crippen MR) is 131 cm³/mol. The van der Waals surface area contributed by atoms with E-state index in [1.165, 1.54) is 6.07 Å². The summed E-state index contributed by atoms with van der Waals surface area (Å²) in [5, 5.41) is 14.9. The molecule has 6 nitrogen and oxygen atoms in total. The number of hydrogen-bond acceptors (Lipinski definition) is 5. The van der Waals surface area contributed by atoms with E-state index in [0.29, 0.717) is 37.0 Å². The molecule has 2 aromatic carbocycles. The number of amides is 1. The molecule has 182 valence electrons. The number of hydrogen-bond donors (Lipinski definition) is 2. The van der Waals surface area contributed by atoms with Crippen molar-refractivity contribution < 1.29 is 23.1 Å². The van der Waals surface area contributed by atoms with Crippen LogP contribution in [0.4, 0.5) is 4.39 Å². The van der Waals surface area contributed by atoms with E-state index < -0.39 is 5.60 Å². The number of carbonyl (C=O) groups is 1. The van der Waals surface area contributed by atoms with Gasteiger partial charge in [-0.15, -0.1) is 0 Å². The number of nitrogens with one attached hydrogen (secondary N) is 1. The highest BCUT2D eigenvalue weighted by molar-refractivity contribution is 5.96. The zero-order valence-electron chi connectivity index (χ0n) is 19.7. The van der Waals surface area contributed by atoms with Crippen molar-refractivity contribution in [1.29, 1.82) is 0 Å². The van der Waals surface area contributed by atoms with Crippen molar-refractivity contribution >= 4 is 16.9 Å². The van der Waals surface area contributed by atoms with Crippen molar-refractivity contribution in [3.05, 3.63) is 94.9 Å². The van der Waals surface area contributed by atoms with E-state index in [1.54, 1.807) is 30.3 Å². The second-order valence-corrected chi connectivity index (χ2v) is 9.28. The minimum atomic E-state index is -0.927. The van der Waals surface area contributed by atoms with Gasteiger partial charge in [0.25, 0.3) is 5.91 Å². The zero-order valence-corrected chi connectivity index (χ0v) is 19.7. The van der Waals surface area contributed by atoms with E-state index in [2.05, 4.69) is 10.2 Å². The maximum Gasteiger partial charge on any atom is 0.287 e. The fourth-order valence-corrected chi connectivity index (χ4v) is 4.70. The number of likely N-dealkylation sites (tertiary alicyclic amines) is 1. The van der Waals surface area contributed by atoms with Crippen LogP contribution >= 0.6 is 0 Å². The molecule has 0 saturated carbocycles. The third kappa shape index (κ3) is 5.16. The maximum atomic E-state index is 13.8. The fourth-order valence-electron chi connectivity index (χ4n) is 4.70. The number of fused-ring (bicyclic) bond motifs is 1. The van der Waals surface area contributed by atoms with Gasteiger partial charge < -0.3 is 19.3 Å². The third-order valence-corrected chi connectivity index (χ3v) is 6.77. The molecule has 0 bridgehead atoms. The summed E-state index contributed by atoms with van der Waals surface area (Å²) in [5.74, 6) is 1.41. The van der Waals surface area contributed by atoms with Gasteiger partial charge in [0.2, 0.25) is 0 Å². The molecular weight excluding hydrogens is 447 g/mol. The molecule has 7 heteroatoms. The normalized spacial score (nSPS) is 16.0. The maximum absolute atomic E-state index is 13.8. The van der Waals surface area contributed by atoms with Crippen molar-refractivity contribution in [2.24, 2.45) is 0 Å². The van der Waals surface area contributed by atoms with Gasteiger partial charge in [-0.2, -0.15) is 0 Å². The Labute approximate surface area is 203 Å². The number of carbonyl (C=O) groups excluding carboxylic acids is 1. The molecule has 0 aliphatic carbocycles. The Balaban J connectivity index is 1.21. The number of benzene rings is 2. The summed E-state index contributed by atoms with van der Waals surface area (Å²) < 4.78 is 25.2. The smallest absolute Gasteiger partial charge is 0.287 e. The van der Waals surface area contributed by atoms with Crippen molar-refractivity contribution in [1.82, 2.24) is 10.2 Å². The molecular formula is C28H29FN2O4. The van der Waals surface area contributed by atoms with Crippen molar-refractivity contribution in [2.75, 3.05) is 19.6 Å². The van der Waals surface area contributed by atoms with Crippen LogP contribution in [0.25, 0.3) is 11.0 Å². The highest BCUT2D eigenvalue weighted by atomic mass is 19.1. The lowest BCUT2D eigenvalue weighted by Gasteiger charge is -2.38. The molecule has 1 aliphatic heterocycles. The minimum Gasteiger partial charge on any atom is -0.465 e. The standard InChI is InChI=1S/C28H29FN2O4/c1-19-6-8-23(34-19)18-31-14-11-28(33,12-15-31)22-7-9-25-21(16-22)17-26(35-25)27(32)30-13-10-20-4-2-3-5-24(20)29/h2-9,16-17,33H,10-15,18H2,1H3,(H,30,32). The predicted octanol–water partition coefficient (Wildman–Crippen LogP) is 4.93. The van der Waals surface area contributed by atoms with Gasteiger partial charge in [-0.05, 0) is 73.7 Å². The third-order valence-electron chi connectivity index (χ3n) is 6.77. The van der Waals surface area contributed by atoms with Crippen LogP contribution in [0.2, 0.25) is 0 Å². The lowest BCUT2D eigenvalue weighted by atomic mass is 9.84. The number of furan rings is 2. The molecule has 1 saturated heterocycles. The SMILES string of the molecule is Cc1ccc(CN2CCC(O)(c3ccc4oc(C(=O)NCCc5ccccc5F)cc4c3)CC2)o1. The number of rotatable bonds is 7. The molecule has 5 rings (SSSR count). The molecule has 35 heavy (non-hydrogen) atoms. The van der Waals surface area contributed by atoms with Gasteiger partial charge in [0.15, 0.2) is 5.76 Å². The highest BCUT2D eigenvalue weighted by Crippen LogP contribution is 2.35. The van der Waals surface area contributed by atoms with E-state index in [0.717, 1.165) is 42.1 Å². The number of nitrogens with zero attached hydrogens (tertiary/aromatic N) is 1. The van der Waals surface area contributed by atoms with E-state index in [-0.39, 0.29) is 17.5 Å². The molecule has 1 amide bonds. The minimum absolute atomic E-state index is 0.196. The van der Waals surface area contributed by atoms with E-state index in [1.807, 2.05) is 31.2 Å². The van der Waals surface area contributed by atoms with Crippen LogP contribution in [-0.4, -0.2) is 35.5 Å².